The number of nitrogens with zero attached hydrogens (tertiary/aromatic N) is 1. The molecule has 0 amide bonds. The van der Waals surface area contributed by atoms with Crippen LogP contribution in [0.3, 0.4) is 0 Å². The minimum absolute atomic E-state index is 0.131. The molecule has 0 bridgehead atoms. The molecule has 0 spiro atoms. The van der Waals surface area contributed by atoms with Gasteiger partial charge < -0.3 is 15.5 Å². The predicted octanol–water partition coefficient (Wildman–Crippen LogP) is 0.562. The fraction of sp³-hybridized carbons (Fsp3) is 0.500. The highest BCUT2D eigenvalue weighted by Gasteiger charge is 2.07. The van der Waals surface area contributed by atoms with Crippen LogP contribution in [0.15, 0.2) is 6.20 Å². The van der Waals surface area contributed by atoms with E-state index in [2.05, 4.69) is 10.3 Å². The van der Waals surface area contributed by atoms with Gasteiger partial charge in [-0.3, -0.25) is 0 Å². The zero-order valence-corrected chi connectivity index (χ0v) is 7.77. The molecule has 0 aromatic carbocycles. The van der Waals surface area contributed by atoms with Gasteiger partial charge in [0.15, 0.2) is 5.13 Å². The van der Waals surface area contributed by atoms with E-state index in [1.54, 1.807) is 0 Å². The molecule has 6 heteroatoms. The minimum atomic E-state index is -0.368. The summed E-state index contributed by atoms with van der Waals surface area (Å²) in [5.41, 5.74) is 0. The number of thiazole rings is 1. The van der Waals surface area contributed by atoms with Crippen molar-refractivity contribution in [3.63, 3.8) is 0 Å². The summed E-state index contributed by atoms with van der Waals surface area (Å²) in [6.07, 6.45) is 1.51. The number of halogens is 1. The Hall–Kier alpha value is -0.360. The van der Waals surface area contributed by atoms with Gasteiger partial charge in [0.25, 0.3) is 0 Å². The second kappa shape index (κ2) is 4.61. The number of aliphatic hydroxyl groups excluding tert-OH is 2. The molecule has 0 atom stereocenters. The van der Waals surface area contributed by atoms with Crippen LogP contribution in [0.5, 0.6) is 0 Å². The number of rotatable bonds is 4. The van der Waals surface area contributed by atoms with Gasteiger partial charge in [-0.25, -0.2) is 4.98 Å². The molecule has 1 aromatic heterocycles. The molecule has 0 aliphatic rings. The maximum Gasteiger partial charge on any atom is 0.184 e. The van der Waals surface area contributed by atoms with E-state index in [0.717, 1.165) is 0 Å². The van der Waals surface area contributed by atoms with Gasteiger partial charge >= 0.3 is 0 Å². The third-order valence-corrected chi connectivity index (χ3v) is 2.29. The maximum absolute atomic E-state index is 8.72. The van der Waals surface area contributed by atoms with Gasteiger partial charge in [-0.15, -0.1) is 0 Å². The van der Waals surface area contributed by atoms with Gasteiger partial charge in [-0.2, -0.15) is 0 Å². The first-order valence-corrected chi connectivity index (χ1v) is 4.55. The summed E-state index contributed by atoms with van der Waals surface area (Å²) in [6, 6.07) is -0.368. The van der Waals surface area contributed by atoms with Crippen LogP contribution in [0.2, 0.25) is 4.34 Å². The lowest BCUT2D eigenvalue weighted by molar-refractivity contribution is 0.204. The first-order valence-electron chi connectivity index (χ1n) is 3.36. The molecule has 4 nitrogen and oxygen atoms in total. The van der Waals surface area contributed by atoms with Gasteiger partial charge in [0.1, 0.15) is 4.34 Å². The smallest absolute Gasteiger partial charge is 0.184 e. The average molecular weight is 209 g/mol. The molecular weight excluding hydrogens is 200 g/mol. The van der Waals surface area contributed by atoms with Gasteiger partial charge in [0, 0.05) is 0 Å². The van der Waals surface area contributed by atoms with Gasteiger partial charge in [-0.1, -0.05) is 22.9 Å². The van der Waals surface area contributed by atoms with Crippen LogP contribution in [0.25, 0.3) is 0 Å². The van der Waals surface area contributed by atoms with E-state index in [-0.39, 0.29) is 19.3 Å². The quantitative estimate of drug-likeness (QED) is 0.677. The Morgan fingerprint density at radius 1 is 1.58 bits per heavy atom. The first-order chi connectivity index (χ1) is 5.76. The summed E-state index contributed by atoms with van der Waals surface area (Å²) >= 11 is 6.89. The molecule has 0 unspecified atom stereocenters. The summed E-state index contributed by atoms with van der Waals surface area (Å²) in [5, 5.41) is 20.9. The lowest BCUT2D eigenvalue weighted by Crippen LogP contribution is -2.27. The van der Waals surface area contributed by atoms with Gasteiger partial charge in [0.2, 0.25) is 0 Å². The molecule has 68 valence electrons. The van der Waals surface area contributed by atoms with Crippen LogP contribution in [0.1, 0.15) is 0 Å². The van der Waals surface area contributed by atoms with Crippen LogP contribution in [0.4, 0.5) is 5.13 Å². The highest BCUT2D eigenvalue weighted by atomic mass is 35.5. The summed E-state index contributed by atoms with van der Waals surface area (Å²) in [7, 11) is 0. The summed E-state index contributed by atoms with van der Waals surface area (Å²) in [5.74, 6) is 0. The molecular formula is C6H9ClN2O2S. The average Bonchev–Trinajstić information content (AvgIpc) is 2.47. The molecule has 0 saturated carbocycles. The predicted molar refractivity (Wildman–Crippen MR) is 48.7 cm³/mol. The van der Waals surface area contributed by atoms with Crippen molar-refractivity contribution in [2.24, 2.45) is 0 Å². The Morgan fingerprint density at radius 2 is 2.25 bits per heavy atom. The number of aromatic nitrogens is 1. The van der Waals surface area contributed by atoms with E-state index in [1.807, 2.05) is 0 Å². The van der Waals surface area contributed by atoms with Crippen molar-refractivity contribution in [1.82, 2.24) is 4.98 Å². The van der Waals surface area contributed by atoms with Crippen molar-refractivity contribution >= 4 is 28.1 Å². The molecule has 0 saturated heterocycles. The zero-order valence-electron chi connectivity index (χ0n) is 6.20. The van der Waals surface area contributed by atoms with Crippen molar-refractivity contribution in [3.05, 3.63) is 10.5 Å². The van der Waals surface area contributed by atoms with E-state index in [1.165, 1.54) is 17.5 Å². The minimum Gasteiger partial charge on any atom is -0.394 e. The topological polar surface area (TPSA) is 65.4 Å². The van der Waals surface area contributed by atoms with E-state index in [4.69, 9.17) is 21.8 Å². The largest absolute Gasteiger partial charge is 0.394 e. The number of hydrogen-bond acceptors (Lipinski definition) is 5. The van der Waals surface area contributed by atoms with Crippen LogP contribution in [-0.2, 0) is 0 Å². The van der Waals surface area contributed by atoms with Gasteiger partial charge in [0.05, 0.1) is 25.5 Å². The molecule has 1 aromatic rings. The standard InChI is InChI=1S/C6H9ClN2O2S/c7-5-1-8-6(12-5)9-4(2-10)3-11/h1,4,10-11H,2-3H2,(H,8,9). The highest BCUT2D eigenvalue weighted by molar-refractivity contribution is 7.19. The van der Waals surface area contributed by atoms with Gasteiger partial charge in [-0.05, 0) is 0 Å². The lowest BCUT2D eigenvalue weighted by atomic mass is 10.3. The lowest BCUT2D eigenvalue weighted by Gasteiger charge is -2.10. The van der Waals surface area contributed by atoms with Crippen LogP contribution in [-0.4, -0.2) is 34.5 Å². The van der Waals surface area contributed by atoms with E-state index >= 15 is 0 Å². The normalized spacial score (nSPS) is 10.7. The molecule has 0 aliphatic carbocycles. The van der Waals surface area contributed by atoms with E-state index in [9.17, 15) is 0 Å². The molecule has 0 radical (unpaired) electrons. The Kier molecular flexibility index (Phi) is 3.74. The summed E-state index contributed by atoms with van der Waals surface area (Å²) in [4.78, 5) is 3.90. The molecule has 1 rings (SSSR count). The van der Waals surface area contributed by atoms with Crippen molar-refractivity contribution < 1.29 is 10.2 Å². The third-order valence-electron chi connectivity index (χ3n) is 1.25. The Morgan fingerprint density at radius 3 is 2.67 bits per heavy atom. The molecule has 12 heavy (non-hydrogen) atoms. The first kappa shape index (κ1) is 9.73. The second-order valence-electron chi connectivity index (χ2n) is 2.18. The second-order valence-corrected chi connectivity index (χ2v) is 3.84. The number of nitrogens with one attached hydrogen (secondary N) is 1. The zero-order chi connectivity index (χ0) is 8.97. The molecule has 0 aliphatic heterocycles. The van der Waals surface area contributed by atoms with Crippen molar-refractivity contribution in [2.75, 3.05) is 18.5 Å². The van der Waals surface area contributed by atoms with Crippen LogP contribution in [0, 0.1) is 0 Å². The van der Waals surface area contributed by atoms with Crippen molar-refractivity contribution in [3.8, 4) is 0 Å². The fourth-order valence-corrected chi connectivity index (χ4v) is 1.53. The number of hydrogen-bond donors (Lipinski definition) is 3. The monoisotopic (exact) mass is 208 g/mol. The van der Waals surface area contributed by atoms with Crippen LogP contribution < -0.4 is 5.32 Å². The van der Waals surface area contributed by atoms with E-state index in [0.29, 0.717) is 9.47 Å². The van der Waals surface area contributed by atoms with Crippen LogP contribution >= 0.6 is 22.9 Å². The molecule has 3 N–H and O–H groups in total. The third kappa shape index (κ3) is 2.60. The Balaban J connectivity index is 2.50. The van der Waals surface area contributed by atoms with Crippen molar-refractivity contribution in [2.45, 2.75) is 6.04 Å². The number of anilines is 1. The Labute approximate surface area is 78.8 Å². The molecule has 1 heterocycles. The summed E-state index contributed by atoms with van der Waals surface area (Å²) in [6.45, 7) is -0.263. The Bertz CT molecular complexity index is 239. The molecule has 0 fully saturated rings. The maximum atomic E-state index is 8.72. The fourth-order valence-electron chi connectivity index (χ4n) is 0.645. The SMILES string of the molecule is OCC(CO)Nc1ncc(Cl)s1. The summed E-state index contributed by atoms with van der Waals surface area (Å²) < 4.78 is 0.576. The van der Waals surface area contributed by atoms with E-state index < -0.39 is 0 Å². The van der Waals surface area contributed by atoms with Crippen molar-refractivity contribution in [1.29, 1.82) is 0 Å². The number of aliphatic hydroxyl groups is 2. The highest BCUT2D eigenvalue weighted by Crippen LogP contribution is 2.22.